The van der Waals surface area contributed by atoms with E-state index in [2.05, 4.69) is 10.9 Å². The van der Waals surface area contributed by atoms with Crippen molar-refractivity contribution >= 4 is 5.69 Å². The first-order chi connectivity index (χ1) is 9.48. The number of hydrazine groups is 1. The van der Waals surface area contributed by atoms with Crippen molar-refractivity contribution in [1.82, 2.24) is 5.43 Å². The summed E-state index contributed by atoms with van der Waals surface area (Å²) in [6.45, 7) is -0.281. The molecule has 0 atom stereocenters. The van der Waals surface area contributed by atoms with E-state index >= 15 is 0 Å². The molecule has 6 heteroatoms. The van der Waals surface area contributed by atoms with Gasteiger partial charge in [0.2, 0.25) is 0 Å². The summed E-state index contributed by atoms with van der Waals surface area (Å²) in [5.74, 6) is -0.887. The maximum atomic E-state index is 13.5. The van der Waals surface area contributed by atoms with Gasteiger partial charge in [-0.05, 0) is 24.3 Å². The maximum absolute atomic E-state index is 13.5. The van der Waals surface area contributed by atoms with E-state index in [9.17, 15) is 17.6 Å². The fraction of sp³-hybridized carbons (Fsp3) is 0.143. The van der Waals surface area contributed by atoms with Crippen molar-refractivity contribution in [2.24, 2.45) is 0 Å². The summed E-state index contributed by atoms with van der Waals surface area (Å²) >= 11 is 0. The minimum atomic E-state index is -4.58. The summed E-state index contributed by atoms with van der Waals surface area (Å²) in [5, 5.41) is 0. The lowest BCUT2D eigenvalue weighted by molar-refractivity contribution is -0.138. The van der Waals surface area contributed by atoms with Crippen LogP contribution in [0.3, 0.4) is 0 Å². The first-order valence-electron chi connectivity index (χ1n) is 5.87. The Morgan fingerprint density at radius 1 is 0.900 bits per heavy atom. The number of nitrogens with one attached hydrogen (secondary N) is 2. The zero-order valence-electron chi connectivity index (χ0n) is 10.3. The smallest absolute Gasteiger partial charge is 0.321 e. The number of anilines is 1. The third kappa shape index (κ3) is 3.48. The number of rotatable bonds is 4. The Balaban J connectivity index is 2.10. The quantitative estimate of drug-likeness (QED) is 0.656. The molecule has 0 unspecified atom stereocenters. The zero-order valence-corrected chi connectivity index (χ0v) is 10.3. The topological polar surface area (TPSA) is 24.1 Å². The highest BCUT2D eigenvalue weighted by atomic mass is 19.4. The Morgan fingerprint density at radius 2 is 1.60 bits per heavy atom. The van der Waals surface area contributed by atoms with Crippen LogP contribution in [0, 0.1) is 5.82 Å². The molecule has 106 valence electrons. The van der Waals surface area contributed by atoms with Crippen LogP contribution in [0.15, 0.2) is 48.5 Å². The molecule has 20 heavy (non-hydrogen) atoms. The fourth-order valence-electron chi connectivity index (χ4n) is 1.76. The van der Waals surface area contributed by atoms with Gasteiger partial charge >= 0.3 is 6.18 Å². The standard InChI is InChI=1S/C14H12F4N2/c15-13-8-4-7-12(14(16,17)18)11(13)9-19-20-10-5-2-1-3-6-10/h1-8,19-20H,9H2. The van der Waals surface area contributed by atoms with Gasteiger partial charge in [-0.1, -0.05) is 24.3 Å². The lowest BCUT2D eigenvalue weighted by Gasteiger charge is -2.15. The molecule has 0 spiro atoms. The zero-order chi connectivity index (χ0) is 14.6. The number of benzene rings is 2. The van der Waals surface area contributed by atoms with Crippen molar-refractivity contribution in [3.05, 3.63) is 65.5 Å². The third-order valence-electron chi connectivity index (χ3n) is 2.70. The third-order valence-corrected chi connectivity index (χ3v) is 2.70. The summed E-state index contributed by atoms with van der Waals surface area (Å²) in [5.41, 5.74) is 4.59. The average molecular weight is 284 g/mol. The Kier molecular flexibility index (Phi) is 4.24. The van der Waals surface area contributed by atoms with Crippen molar-refractivity contribution < 1.29 is 17.6 Å². The Labute approximate surface area is 113 Å². The van der Waals surface area contributed by atoms with Gasteiger partial charge in [-0.15, -0.1) is 0 Å². The second kappa shape index (κ2) is 5.92. The van der Waals surface area contributed by atoms with E-state index in [1.165, 1.54) is 0 Å². The van der Waals surface area contributed by atoms with Gasteiger partial charge in [0.15, 0.2) is 0 Å². The Morgan fingerprint density at radius 3 is 2.25 bits per heavy atom. The molecule has 0 aliphatic heterocycles. The van der Waals surface area contributed by atoms with Gasteiger partial charge in [-0.2, -0.15) is 13.2 Å². The van der Waals surface area contributed by atoms with Crippen molar-refractivity contribution in [1.29, 1.82) is 0 Å². The summed E-state index contributed by atoms with van der Waals surface area (Å²) < 4.78 is 51.8. The number of hydrogen-bond donors (Lipinski definition) is 2. The first kappa shape index (κ1) is 14.3. The van der Waals surface area contributed by atoms with Crippen LogP contribution < -0.4 is 10.9 Å². The largest absolute Gasteiger partial charge is 0.416 e. The van der Waals surface area contributed by atoms with E-state index in [0.717, 1.165) is 18.2 Å². The lowest BCUT2D eigenvalue weighted by Crippen LogP contribution is -2.24. The Bertz CT molecular complexity index is 567. The highest BCUT2D eigenvalue weighted by molar-refractivity contribution is 5.41. The molecule has 2 N–H and O–H groups in total. The van der Waals surface area contributed by atoms with Gasteiger partial charge in [0.05, 0.1) is 5.56 Å². The van der Waals surface area contributed by atoms with Crippen LogP contribution in [0.5, 0.6) is 0 Å². The molecule has 0 bridgehead atoms. The first-order valence-corrected chi connectivity index (χ1v) is 5.87. The van der Waals surface area contributed by atoms with E-state index in [-0.39, 0.29) is 6.54 Å². The van der Waals surface area contributed by atoms with Crippen molar-refractivity contribution in [2.75, 3.05) is 5.43 Å². The van der Waals surface area contributed by atoms with Crippen LogP contribution in [-0.2, 0) is 12.7 Å². The highest BCUT2D eigenvalue weighted by Crippen LogP contribution is 2.32. The minimum Gasteiger partial charge on any atom is -0.321 e. The van der Waals surface area contributed by atoms with Gasteiger partial charge in [-0.25, -0.2) is 9.82 Å². The van der Waals surface area contributed by atoms with Crippen molar-refractivity contribution in [2.45, 2.75) is 12.7 Å². The molecule has 0 amide bonds. The summed E-state index contributed by atoms with van der Waals surface area (Å²) in [6.07, 6.45) is -4.58. The molecular weight excluding hydrogens is 272 g/mol. The molecule has 0 radical (unpaired) electrons. The van der Waals surface area contributed by atoms with Crippen molar-refractivity contribution in [3.8, 4) is 0 Å². The predicted molar refractivity (Wildman–Crippen MR) is 68.3 cm³/mol. The SMILES string of the molecule is Fc1cccc(C(F)(F)F)c1CNNc1ccccc1. The van der Waals surface area contributed by atoms with Gasteiger partial charge in [0.1, 0.15) is 5.82 Å². The number of alkyl halides is 3. The minimum absolute atomic E-state index is 0.281. The molecule has 0 fully saturated rings. The fourth-order valence-corrected chi connectivity index (χ4v) is 1.76. The summed E-state index contributed by atoms with van der Waals surface area (Å²) in [7, 11) is 0. The van der Waals surface area contributed by atoms with E-state index in [0.29, 0.717) is 5.69 Å². The van der Waals surface area contributed by atoms with E-state index in [1.807, 2.05) is 6.07 Å². The second-order valence-corrected chi connectivity index (χ2v) is 4.11. The molecule has 0 saturated heterocycles. The molecule has 0 aliphatic rings. The van der Waals surface area contributed by atoms with Crippen LogP contribution in [-0.4, -0.2) is 0 Å². The average Bonchev–Trinajstić information content (AvgIpc) is 2.40. The summed E-state index contributed by atoms with van der Waals surface area (Å²) in [6, 6.07) is 11.7. The maximum Gasteiger partial charge on any atom is 0.416 e. The molecule has 0 aromatic heterocycles. The molecule has 0 saturated carbocycles. The van der Waals surface area contributed by atoms with Gasteiger partial charge < -0.3 is 5.43 Å². The number of para-hydroxylation sites is 1. The monoisotopic (exact) mass is 284 g/mol. The van der Waals surface area contributed by atoms with Gasteiger partial charge in [0, 0.05) is 17.8 Å². The van der Waals surface area contributed by atoms with Gasteiger partial charge in [-0.3, -0.25) is 0 Å². The van der Waals surface area contributed by atoms with E-state index in [4.69, 9.17) is 0 Å². The number of hydrogen-bond acceptors (Lipinski definition) is 2. The highest BCUT2D eigenvalue weighted by Gasteiger charge is 2.34. The molecule has 2 nitrogen and oxygen atoms in total. The van der Waals surface area contributed by atoms with Crippen LogP contribution in [0.2, 0.25) is 0 Å². The van der Waals surface area contributed by atoms with Gasteiger partial charge in [0.25, 0.3) is 0 Å². The van der Waals surface area contributed by atoms with Crippen LogP contribution in [0.25, 0.3) is 0 Å². The van der Waals surface area contributed by atoms with Crippen LogP contribution in [0.1, 0.15) is 11.1 Å². The Hall–Kier alpha value is -2.08. The van der Waals surface area contributed by atoms with Crippen LogP contribution >= 0.6 is 0 Å². The molecule has 2 aromatic rings. The number of halogens is 4. The lowest BCUT2D eigenvalue weighted by atomic mass is 10.1. The normalized spacial score (nSPS) is 11.4. The molecule has 0 aliphatic carbocycles. The summed E-state index contributed by atoms with van der Waals surface area (Å²) in [4.78, 5) is 0. The predicted octanol–water partition coefficient (Wildman–Crippen LogP) is 3.96. The second-order valence-electron chi connectivity index (χ2n) is 4.11. The molecule has 2 aromatic carbocycles. The van der Waals surface area contributed by atoms with E-state index in [1.54, 1.807) is 24.3 Å². The molecule has 2 rings (SSSR count). The van der Waals surface area contributed by atoms with Crippen LogP contribution in [0.4, 0.5) is 23.2 Å². The molecular formula is C14H12F4N2. The van der Waals surface area contributed by atoms with E-state index < -0.39 is 23.1 Å². The van der Waals surface area contributed by atoms with Crippen molar-refractivity contribution in [3.63, 3.8) is 0 Å². The molecule has 0 heterocycles.